The van der Waals surface area contributed by atoms with E-state index in [-0.39, 0.29) is 19.1 Å². The monoisotopic (exact) mass is 328 g/mol. The maximum absolute atomic E-state index is 12.0. The first-order valence-corrected chi connectivity index (χ1v) is 7.51. The first kappa shape index (κ1) is 15.8. The summed E-state index contributed by atoms with van der Waals surface area (Å²) in [6.45, 7) is -0.130. The van der Waals surface area contributed by atoms with Crippen LogP contribution in [0.1, 0.15) is 28.1 Å². The van der Waals surface area contributed by atoms with Crippen LogP contribution in [0.5, 0.6) is 0 Å². The van der Waals surface area contributed by atoms with E-state index in [9.17, 15) is 14.4 Å². The van der Waals surface area contributed by atoms with Crippen molar-refractivity contribution in [2.45, 2.75) is 19.4 Å². The zero-order chi connectivity index (χ0) is 16.9. The van der Waals surface area contributed by atoms with Crippen LogP contribution in [0.2, 0.25) is 0 Å². The van der Waals surface area contributed by atoms with Crippen LogP contribution >= 0.6 is 0 Å². The lowest BCUT2D eigenvalue weighted by Crippen LogP contribution is -2.28. The summed E-state index contributed by atoms with van der Waals surface area (Å²) in [5.74, 6) is -0.412. The van der Waals surface area contributed by atoms with Crippen LogP contribution in [-0.2, 0) is 27.3 Å². The quantitative estimate of drug-likeness (QED) is 0.813. The highest BCUT2D eigenvalue weighted by atomic mass is 16.5. The lowest BCUT2D eigenvalue weighted by atomic mass is 10.0. The molecule has 0 unspecified atom stereocenters. The van der Waals surface area contributed by atoms with E-state index in [0.29, 0.717) is 29.9 Å². The van der Waals surface area contributed by atoms with Gasteiger partial charge in [0.2, 0.25) is 5.91 Å². The van der Waals surface area contributed by atoms with Gasteiger partial charge in [-0.05, 0) is 42.3 Å². The van der Waals surface area contributed by atoms with Gasteiger partial charge >= 0.3 is 5.97 Å². The molecule has 1 aromatic heterocycles. The molecule has 124 valence electrons. The Kier molecular flexibility index (Phi) is 4.60. The third-order valence-corrected chi connectivity index (χ3v) is 3.61. The topological polar surface area (TPSA) is 97.6 Å². The van der Waals surface area contributed by atoms with Gasteiger partial charge in [0.05, 0.1) is 18.4 Å². The van der Waals surface area contributed by atoms with E-state index in [1.807, 2.05) is 0 Å². The first-order valence-electron chi connectivity index (χ1n) is 7.51. The summed E-state index contributed by atoms with van der Waals surface area (Å²) in [6.07, 6.45) is 2.48. The van der Waals surface area contributed by atoms with Crippen molar-refractivity contribution in [3.63, 3.8) is 0 Å². The number of carbonyl (C=O) groups excluding carboxylic acids is 3. The summed E-state index contributed by atoms with van der Waals surface area (Å²) in [4.78, 5) is 35.0. The van der Waals surface area contributed by atoms with E-state index in [1.54, 1.807) is 30.3 Å². The zero-order valence-corrected chi connectivity index (χ0v) is 12.8. The molecule has 1 aliphatic heterocycles. The van der Waals surface area contributed by atoms with Gasteiger partial charge in [-0.3, -0.25) is 9.59 Å². The number of fused-ring (bicyclic) bond motifs is 1. The predicted molar refractivity (Wildman–Crippen MR) is 84.2 cm³/mol. The van der Waals surface area contributed by atoms with Crippen LogP contribution in [0.3, 0.4) is 0 Å². The smallest absolute Gasteiger partial charge is 0.338 e. The molecule has 1 aromatic carbocycles. The number of furan rings is 1. The Morgan fingerprint density at radius 2 is 2.12 bits per heavy atom. The van der Waals surface area contributed by atoms with Crippen molar-refractivity contribution in [2.24, 2.45) is 0 Å². The zero-order valence-electron chi connectivity index (χ0n) is 12.8. The van der Waals surface area contributed by atoms with Gasteiger partial charge in [0.1, 0.15) is 5.76 Å². The fraction of sp³-hybridized carbons (Fsp3) is 0.235. The van der Waals surface area contributed by atoms with E-state index in [0.717, 1.165) is 5.56 Å². The largest absolute Gasteiger partial charge is 0.467 e. The number of nitrogens with one attached hydrogen (secondary N) is 2. The normalized spacial score (nSPS) is 12.9. The lowest BCUT2D eigenvalue weighted by molar-refractivity contribution is -0.124. The molecular weight excluding hydrogens is 312 g/mol. The minimum absolute atomic E-state index is 0.0361. The number of ether oxygens (including phenoxy) is 1. The molecule has 7 heteroatoms. The van der Waals surface area contributed by atoms with Gasteiger partial charge in [0, 0.05) is 12.1 Å². The van der Waals surface area contributed by atoms with E-state index < -0.39 is 11.9 Å². The molecule has 24 heavy (non-hydrogen) atoms. The summed E-state index contributed by atoms with van der Waals surface area (Å²) < 4.78 is 10.1. The van der Waals surface area contributed by atoms with Gasteiger partial charge in [0.15, 0.2) is 6.61 Å². The maximum atomic E-state index is 12.0. The standard InChI is InChI=1S/C17H16N2O5/c20-15-6-4-11-8-12(3-5-14(11)19-15)17(22)24-10-16(21)18-9-13-2-1-7-23-13/h1-3,5,7-8H,4,6,9-10H2,(H,18,21)(H,19,20). The Morgan fingerprint density at radius 1 is 1.25 bits per heavy atom. The molecule has 0 saturated heterocycles. The highest BCUT2D eigenvalue weighted by Gasteiger charge is 2.17. The number of carbonyl (C=O) groups is 3. The SMILES string of the molecule is O=C(COC(=O)c1ccc2c(c1)CCC(=O)N2)NCc1ccco1. The number of anilines is 1. The molecule has 0 bridgehead atoms. The number of benzene rings is 1. The summed E-state index contributed by atoms with van der Waals surface area (Å²) in [5, 5.41) is 5.33. The summed E-state index contributed by atoms with van der Waals surface area (Å²) in [6, 6.07) is 8.36. The van der Waals surface area contributed by atoms with Crippen molar-refractivity contribution in [1.29, 1.82) is 0 Å². The first-order chi connectivity index (χ1) is 11.6. The van der Waals surface area contributed by atoms with Crippen LogP contribution in [0.25, 0.3) is 0 Å². The highest BCUT2D eigenvalue weighted by molar-refractivity contribution is 5.96. The molecule has 2 N–H and O–H groups in total. The number of amides is 2. The Balaban J connectivity index is 1.51. The Labute approximate surface area is 138 Å². The van der Waals surface area contributed by atoms with Crippen molar-refractivity contribution < 1.29 is 23.5 Å². The minimum atomic E-state index is -0.581. The van der Waals surface area contributed by atoms with Gasteiger partial charge in [0.25, 0.3) is 5.91 Å². The minimum Gasteiger partial charge on any atom is -0.467 e. The average Bonchev–Trinajstić information content (AvgIpc) is 3.11. The molecule has 0 aliphatic carbocycles. The lowest BCUT2D eigenvalue weighted by Gasteiger charge is -2.17. The van der Waals surface area contributed by atoms with E-state index in [1.165, 1.54) is 6.26 Å². The molecule has 7 nitrogen and oxygen atoms in total. The third-order valence-electron chi connectivity index (χ3n) is 3.61. The number of hydrogen-bond acceptors (Lipinski definition) is 5. The van der Waals surface area contributed by atoms with Crippen molar-refractivity contribution in [3.05, 3.63) is 53.5 Å². The van der Waals surface area contributed by atoms with Gasteiger partial charge in [-0.2, -0.15) is 0 Å². The summed E-state index contributed by atoms with van der Waals surface area (Å²) in [5.41, 5.74) is 1.94. The predicted octanol–water partition coefficient (Wildman–Crippen LogP) is 1.64. The summed E-state index contributed by atoms with van der Waals surface area (Å²) in [7, 11) is 0. The molecule has 0 spiro atoms. The second-order valence-corrected chi connectivity index (χ2v) is 5.35. The molecule has 0 atom stereocenters. The van der Waals surface area contributed by atoms with Gasteiger partial charge < -0.3 is 19.8 Å². The number of hydrogen-bond donors (Lipinski definition) is 2. The molecule has 2 aromatic rings. The molecular formula is C17H16N2O5. The van der Waals surface area contributed by atoms with Crippen LogP contribution in [0.4, 0.5) is 5.69 Å². The van der Waals surface area contributed by atoms with Crippen molar-refractivity contribution in [3.8, 4) is 0 Å². The summed E-state index contributed by atoms with van der Waals surface area (Å²) >= 11 is 0. The average molecular weight is 328 g/mol. The van der Waals surface area contributed by atoms with Crippen LogP contribution in [-0.4, -0.2) is 24.4 Å². The number of aryl methyl sites for hydroxylation is 1. The molecule has 1 aliphatic rings. The highest BCUT2D eigenvalue weighted by Crippen LogP contribution is 2.23. The Bertz CT molecular complexity index is 767. The van der Waals surface area contributed by atoms with Gasteiger partial charge in [-0.15, -0.1) is 0 Å². The molecule has 2 heterocycles. The van der Waals surface area contributed by atoms with Crippen LogP contribution < -0.4 is 10.6 Å². The molecule has 0 fully saturated rings. The maximum Gasteiger partial charge on any atom is 0.338 e. The second kappa shape index (κ2) is 6.99. The third kappa shape index (κ3) is 3.81. The Morgan fingerprint density at radius 3 is 2.92 bits per heavy atom. The van der Waals surface area contributed by atoms with Crippen molar-refractivity contribution in [1.82, 2.24) is 5.32 Å². The van der Waals surface area contributed by atoms with Crippen molar-refractivity contribution in [2.75, 3.05) is 11.9 Å². The molecule has 3 rings (SSSR count). The molecule has 0 saturated carbocycles. The van der Waals surface area contributed by atoms with Gasteiger partial charge in [-0.1, -0.05) is 0 Å². The molecule has 2 amide bonds. The Hall–Kier alpha value is -3.09. The van der Waals surface area contributed by atoms with Crippen LogP contribution in [0, 0.1) is 0 Å². The van der Waals surface area contributed by atoms with E-state index in [4.69, 9.17) is 9.15 Å². The van der Waals surface area contributed by atoms with E-state index in [2.05, 4.69) is 10.6 Å². The van der Waals surface area contributed by atoms with Gasteiger partial charge in [-0.25, -0.2) is 4.79 Å². The van der Waals surface area contributed by atoms with E-state index >= 15 is 0 Å². The fourth-order valence-corrected chi connectivity index (χ4v) is 2.37. The van der Waals surface area contributed by atoms with Crippen LogP contribution in [0.15, 0.2) is 41.0 Å². The number of esters is 1. The number of rotatable bonds is 5. The second-order valence-electron chi connectivity index (χ2n) is 5.35. The molecule has 0 radical (unpaired) electrons. The van der Waals surface area contributed by atoms with Crippen molar-refractivity contribution >= 4 is 23.5 Å². The fourth-order valence-electron chi connectivity index (χ4n) is 2.37.